The summed E-state index contributed by atoms with van der Waals surface area (Å²) in [7, 11) is 3.28. The van der Waals surface area contributed by atoms with Gasteiger partial charge in [-0.3, -0.25) is 0 Å². The van der Waals surface area contributed by atoms with E-state index in [9.17, 15) is 0 Å². The summed E-state index contributed by atoms with van der Waals surface area (Å²) in [6, 6.07) is 5.93. The van der Waals surface area contributed by atoms with Gasteiger partial charge in [-0.25, -0.2) is 4.98 Å². The lowest BCUT2D eigenvalue weighted by Gasteiger charge is -2.24. The summed E-state index contributed by atoms with van der Waals surface area (Å²) in [5, 5.41) is 2.13. The standard InChI is InChI=1S/C16H21ClN2O2/c1-4-8-19(9-6-17)16-13-11-15(21-3)14(20-2)10-12(13)5-7-18-16/h5,7,10-11H,4,6,8-9H2,1-3H3. The molecule has 21 heavy (non-hydrogen) atoms. The number of nitrogens with zero attached hydrogens (tertiary/aromatic N) is 2. The van der Waals surface area contributed by atoms with Crippen LogP contribution in [0.25, 0.3) is 10.8 Å². The molecule has 0 N–H and O–H groups in total. The molecule has 0 radical (unpaired) electrons. The van der Waals surface area contributed by atoms with E-state index in [4.69, 9.17) is 21.1 Å². The molecule has 0 aliphatic rings. The molecular weight excluding hydrogens is 288 g/mol. The minimum atomic E-state index is 0.575. The van der Waals surface area contributed by atoms with E-state index >= 15 is 0 Å². The molecular formula is C16H21ClN2O2. The Hall–Kier alpha value is -1.68. The second-order valence-electron chi connectivity index (χ2n) is 4.74. The van der Waals surface area contributed by atoms with Gasteiger partial charge in [0.05, 0.1) is 14.2 Å². The molecule has 114 valence electrons. The van der Waals surface area contributed by atoms with Crippen molar-refractivity contribution < 1.29 is 9.47 Å². The van der Waals surface area contributed by atoms with Gasteiger partial charge in [-0.2, -0.15) is 0 Å². The minimum absolute atomic E-state index is 0.575. The van der Waals surface area contributed by atoms with E-state index in [0.29, 0.717) is 11.6 Å². The molecule has 2 aromatic rings. The monoisotopic (exact) mass is 308 g/mol. The smallest absolute Gasteiger partial charge is 0.161 e. The molecule has 0 spiro atoms. The number of benzene rings is 1. The average Bonchev–Trinajstić information content (AvgIpc) is 2.52. The van der Waals surface area contributed by atoms with Crippen molar-refractivity contribution >= 4 is 28.2 Å². The summed E-state index contributed by atoms with van der Waals surface area (Å²) < 4.78 is 10.8. The Labute approximate surface area is 130 Å². The van der Waals surface area contributed by atoms with Crippen molar-refractivity contribution in [2.24, 2.45) is 0 Å². The van der Waals surface area contributed by atoms with Crippen LogP contribution in [0.2, 0.25) is 0 Å². The molecule has 0 atom stereocenters. The van der Waals surface area contributed by atoms with Crippen LogP contribution in [0.1, 0.15) is 13.3 Å². The summed E-state index contributed by atoms with van der Waals surface area (Å²) in [6.45, 7) is 3.85. The van der Waals surface area contributed by atoms with Crippen molar-refractivity contribution in [3.05, 3.63) is 24.4 Å². The molecule has 0 fully saturated rings. The molecule has 0 aliphatic carbocycles. The van der Waals surface area contributed by atoms with Crippen molar-refractivity contribution in [1.29, 1.82) is 0 Å². The zero-order chi connectivity index (χ0) is 15.2. The summed E-state index contributed by atoms with van der Waals surface area (Å²) in [5.41, 5.74) is 0. The number of rotatable bonds is 7. The fourth-order valence-corrected chi connectivity index (χ4v) is 2.64. The van der Waals surface area contributed by atoms with Gasteiger partial charge >= 0.3 is 0 Å². The van der Waals surface area contributed by atoms with Crippen molar-refractivity contribution in [3.8, 4) is 11.5 Å². The fourth-order valence-electron chi connectivity index (χ4n) is 2.43. The Morgan fingerprint density at radius 1 is 1.14 bits per heavy atom. The summed E-state index contributed by atoms with van der Waals surface area (Å²) in [6.07, 6.45) is 2.86. The number of aromatic nitrogens is 1. The van der Waals surface area contributed by atoms with Gasteiger partial charge in [0.1, 0.15) is 5.82 Å². The quantitative estimate of drug-likeness (QED) is 0.730. The lowest BCUT2D eigenvalue weighted by Crippen LogP contribution is -2.27. The number of methoxy groups -OCH3 is 2. The first-order valence-corrected chi connectivity index (χ1v) is 7.60. The first-order valence-electron chi connectivity index (χ1n) is 7.06. The molecule has 0 bridgehead atoms. The molecule has 0 amide bonds. The van der Waals surface area contributed by atoms with Crippen LogP contribution in [0.15, 0.2) is 24.4 Å². The van der Waals surface area contributed by atoms with Crippen molar-refractivity contribution in [2.75, 3.05) is 38.1 Å². The fraction of sp³-hybridized carbons (Fsp3) is 0.438. The van der Waals surface area contributed by atoms with Crippen LogP contribution >= 0.6 is 11.6 Å². The second-order valence-corrected chi connectivity index (χ2v) is 5.12. The highest BCUT2D eigenvalue weighted by atomic mass is 35.5. The number of alkyl halides is 1. The molecule has 0 unspecified atom stereocenters. The first-order chi connectivity index (χ1) is 10.2. The average molecular weight is 309 g/mol. The van der Waals surface area contributed by atoms with E-state index in [-0.39, 0.29) is 0 Å². The Morgan fingerprint density at radius 2 is 1.86 bits per heavy atom. The van der Waals surface area contributed by atoms with Crippen LogP contribution in [0.3, 0.4) is 0 Å². The molecule has 0 saturated heterocycles. The maximum atomic E-state index is 5.93. The Kier molecular flexibility index (Phi) is 5.51. The second kappa shape index (κ2) is 7.36. The Morgan fingerprint density at radius 3 is 2.48 bits per heavy atom. The third kappa shape index (κ3) is 3.32. The van der Waals surface area contributed by atoms with Crippen LogP contribution in [0, 0.1) is 0 Å². The van der Waals surface area contributed by atoms with E-state index in [0.717, 1.165) is 41.9 Å². The normalized spacial score (nSPS) is 10.7. The molecule has 1 aromatic carbocycles. The van der Waals surface area contributed by atoms with Gasteiger partial charge in [0, 0.05) is 30.6 Å². The molecule has 2 rings (SSSR count). The van der Waals surface area contributed by atoms with Crippen LogP contribution in [0.5, 0.6) is 11.5 Å². The number of halogens is 1. The summed E-state index contributed by atoms with van der Waals surface area (Å²) >= 11 is 5.93. The van der Waals surface area contributed by atoms with Crippen LogP contribution < -0.4 is 14.4 Å². The van der Waals surface area contributed by atoms with E-state index < -0.39 is 0 Å². The topological polar surface area (TPSA) is 34.6 Å². The minimum Gasteiger partial charge on any atom is -0.493 e. The van der Waals surface area contributed by atoms with E-state index in [1.807, 2.05) is 24.4 Å². The van der Waals surface area contributed by atoms with Crippen molar-refractivity contribution in [3.63, 3.8) is 0 Å². The third-order valence-corrected chi connectivity index (χ3v) is 3.56. The first kappa shape index (κ1) is 15.7. The van der Waals surface area contributed by atoms with Crippen LogP contribution in [-0.2, 0) is 0 Å². The van der Waals surface area contributed by atoms with E-state index in [2.05, 4.69) is 16.8 Å². The highest BCUT2D eigenvalue weighted by molar-refractivity contribution is 6.18. The maximum absolute atomic E-state index is 5.93. The number of pyridine rings is 1. The predicted octanol–water partition coefficient (Wildman–Crippen LogP) is 3.71. The number of ether oxygens (including phenoxy) is 2. The molecule has 0 aliphatic heterocycles. The number of hydrogen-bond donors (Lipinski definition) is 0. The highest BCUT2D eigenvalue weighted by Gasteiger charge is 2.14. The van der Waals surface area contributed by atoms with Gasteiger partial charge in [0.2, 0.25) is 0 Å². The molecule has 5 heteroatoms. The van der Waals surface area contributed by atoms with Gasteiger partial charge < -0.3 is 14.4 Å². The van der Waals surface area contributed by atoms with E-state index in [1.165, 1.54) is 0 Å². The maximum Gasteiger partial charge on any atom is 0.161 e. The predicted molar refractivity (Wildman–Crippen MR) is 88.1 cm³/mol. The van der Waals surface area contributed by atoms with Crippen molar-refractivity contribution in [2.45, 2.75) is 13.3 Å². The SMILES string of the molecule is CCCN(CCCl)c1nccc2cc(OC)c(OC)cc12. The molecule has 1 heterocycles. The number of fused-ring (bicyclic) bond motifs is 1. The Balaban J connectivity index is 2.57. The van der Waals surface area contributed by atoms with Gasteiger partial charge in [-0.15, -0.1) is 11.6 Å². The van der Waals surface area contributed by atoms with Crippen molar-refractivity contribution in [1.82, 2.24) is 4.98 Å². The van der Waals surface area contributed by atoms with Crippen LogP contribution in [-0.4, -0.2) is 38.2 Å². The highest BCUT2D eigenvalue weighted by Crippen LogP contribution is 2.35. The van der Waals surface area contributed by atoms with Gasteiger partial charge in [-0.1, -0.05) is 6.92 Å². The zero-order valence-corrected chi connectivity index (χ0v) is 13.5. The zero-order valence-electron chi connectivity index (χ0n) is 12.7. The molecule has 4 nitrogen and oxygen atoms in total. The lowest BCUT2D eigenvalue weighted by atomic mass is 10.1. The summed E-state index contributed by atoms with van der Waals surface area (Å²) in [5.74, 6) is 2.95. The van der Waals surface area contributed by atoms with Gasteiger partial charge in [0.25, 0.3) is 0 Å². The molecule has 0 saturated carbocycles. The van der Waals surface area contributed by atoms with Gasteiger partial charge in [0.15, 0.2) is 11.5 Å². The number of anilines is 1. The third-order valence-electron chi connectivity index (χ3n) is 3.40. The lowest BCUT2D eigenvalue weighted by molar-refractivity contribution is 0.356. The number of hydrogen-bond acceptors (Lipinski definition) is 4. The van der Waals surface area contributed by atoms with E-state index in [1.54, 1.807) is 14.2 Å². The Bertz CT molecular complexity index is 598. The largest absolute Gasteiger partial charge is 0.493 e. The summed E-state index contributed by atoms with van der Waals surface area (Å²) in [4.78, 5) is 6.76. The van der Waals surface area contributed by atoms with Gasteiger partial charge in [-0.05, 0) is 30.0 Å². The molecule has 1 aromatic heterocycles. The van der Waals surface area contributed by atoms with Crippen LogP contribution in [0.4, 0.5) is 5.82 Å².